The van der Waals surface area contributed by atoms with E-state index in [1.165, 1.54) is 6.92 Å². The van der Waals surface area contributed by atoms with E-state index in [2.05, 4.69) is 4.85 Å². The molecule has 1 saturated heterocycles. The molecule has 3 aliphatic carbocycles. The van der Waals surface area contributed by atoms with Gasteiger partial charge in [-0.15, -0.1) is 0 Å². The summed E-state index contributed by atoms with van der Waals surface area (Å²) in [5.41, 5.74) is -2.41. The van der Waals surface area contributed by atoms with E-state index in [9.17, 15) is 14.4 Å². The first-order chi connectivity index (χ1) is 12.4. The zero-order valence-electron chi connectivity index (χ0n) is 16.4. The Morgan fingerprint density at radius 1 is 1.30 bits per heavy atom. The maximum atomic E-state index is 13.1. The van der Waals surface area contributed by atoms with E-state index in [1.54, 1.807) is 6.08 Å². The van der Waals surface area contributed by atoms with Gasteiger partial charge in [0.05, 0.1) is 0 Å². The smallest absolute Gasteiger partial charge is 0.424 e. The number of ether oxygens (including phenoxy) is 2. The molecule has 4 rings (SSSR count). The molecule has 6 atom stereocenters. The van der Waals surface area contributed by atoms with Gasteiger partial charge in [-0.2, -0.15) is 0 Å². The van der Waals surface area contributed by atoms with E-state index in [0.29, 0.717) is 0 Å². The van der Waals surface area contributed by atoms with Gasteiger partial charge >= 0.3 is 11.7 Å². The lowest BCUT2D eigenvalue weighted by Crippen LogP contribution is -2.62. The van der Waals surface area contributed by atoms with Gasteiger partial charge in [-0.1, -0.05) is 27.7 Å². The van der Waals surface area contributed by atoms with E-state index >= 15 is 0 Å². The van der Waals surface area contributed by atoms with Crippen molar-refractivity contribution in [2.24, 2.45) is 22.2 Å². The number of ketones is 2. The van der Waals surface area contributed by atoms with E-state index in [0.717, 1.165) is 18.4 Å². The van der Waals surface area contributed by atoms with Crippen LogP contribution in [-0.4, -0.2) is 35.5 Å². The minimum absolute atomic E-state index is 0.0388. The third kappa shape index (κ3) is 2.01. The number of allylic oxidation sites excluding steroid dienone is 1. The highest BCUT2D eigenvalue weighted by Gasteiger charge is 2.86. The normalized spacial score (nSPS) is 47.0. The van der Waals surface area contributed by atoms with Crippen molar-refractivity contribution in [2.75, 3.05) is 0 Å². The summed E-state index contributed by atoms with van der Waals surface area (Å²) in [5, 5.41) is 0. The maximum Gasteiger partial charge on any atom is 0.424 e. The van der Waals surface area contributed by atoms with Crippen LogP contribution in [0, 0.1) is 28.7 Å². The number of carbonyl (C=O) groups is 3. The molecule has 0 aromatic carbocycles. The van der Waals surface area contributed by atoms with Crippen molar-refractivity contribution in [3.63, 3.8) is 0 Å². The van der Waals surface area contributed by atoms with E-state index in [-0.39, 0.29) is 23.9 Å². The molecule has 0 aromatic rings. The molecule has 0 aromatic heterocycles. The molecule has 2 unspecified atom stereocenters. The van der Waals surface area contributed by atoms with Gasteiger partial charge in [0.25, 0.3) is 5.78 Å². The fourth-order valence-corrected chi connectivity index (χ4v) is 6.37. The summed E-state index contributed by atoms with van der Waals surface area (Å²) in [6.45, 7) is 16.8. The van der Waals surface area contributed by atoms with Crippen LogP contribution in [0.15, 0.2) is 11.6 Å². The van der Waals surface area contributed by atoms with Crippen molar-refractivity contribution < 1.29 is 23.9 Å². The summed E-state index contributed by atoms with van der Waals surface area (Å²) >= 11 is 0. The summed E-state index contributed by atoms with van der Waals surface area (Å²) in [5.74, 6) is -0.678. The van der Waals surface area contributed by atoms with Crippen LogP contribution in [0.2, 0.25) is 0 Å². The van der Waals surface area contributed by atoms with Crippen molar-refractivity contribution in [2.45, 2.75) is 71.8 Å². The molecule has 0 amide bonds. The summed E-state index contributed by atoms with van der Waals surface area (Å²) in [6, 6.07) is 0. The molecule has 0 spiro atoms. The van der Waals surface area contributed by atoms with Crippen molar-refractivity contribution in [1.82, 2.24) is 0 Å². The summed E-state index contributed by atoms with van der Waals surface area (Å²) < 4.78 is 11.4. The zero-order chi connectivity index (χ0) is 20.0. The summed E-state index contributed by atoms with van der Waals surface area (Å²) in [4.78, 5) is 40.8. The van der Waals surface area contributed by atoms with E-state index in [1.807, 2.05) is 27.7 Å². The lowest BCUT2D eigenvalue weighted by atomic mass is 9.43. The second-order valence-electron chi connectivity index (χ2n) is 9.47. The van der Waals surface area contributed by atoms with E-state index in [4.69, 9.17) is 16.0 Å². The molecule has 1 aliphatic heterocycles. The molecule has 144 valence electrons. The van der Waals surface area contributed by atoms with Gasteiger partial charge in [-0.25, -0.2) is 6.57 Å². The summed E-state index contributed by atoms with van der Waals surface area (Å²) in [6.07, 6.45) is 2.24. The highest BCUT2D eigenvalue weighted by Crippen LogP contribution is 2.72. The van der Waals surface area contributed by atoms with Crippen LogP contribution in [0.5, 0.6) is 0 Å². The number of epoxide rings is 1. The SMILES string of the molecule is [C-]#[N+]C12OC1[C@]1(C)C3=CC(=O)C[C@@H](OC(C)=O)[C@]3(C)CC[C@H]1C(C)(C)C2=O. The lowest BCUT2D eigenvalue weighted by molar-refractivity contribution is -0.159. The summed E-state index contributed by atoms with van der Waals surface area (Å²) in [7, 11) is 0. The third-order valence-corrected chi connectivity index (χ3v) is 7.67. The number of hydrogen-bond acceptors (Lipinski definition) is 5. The van der Waals surface area contributed by atoms with Gasteiger partial charge in [-0.05, 0) is 30.4 Å². The molecule has 27 heavy (non-hydrogen) atoms. The quantitative estimate of drug-likeness (QED) is 0.402. The molecule has 3 fully saturated rings. The highest BCUT2D eigenvalue weighted by atomic mass is 16.6. The number of Topliss-reactive ketones (excluding diaryl/α,β-unsaturated/α-hetero) is 1. The van der Waals surface area contributed by atoms with Gasteiger partial charge in [0.15, 0.2) is 11.9 Å². The highest BCUT2D eigenvalue weighted by molar-refractivity contribution is 5.99. The Morgan fingerprint density at radius 3 is 2.56 bits per heavy atom. The average molecular weight is 371 g/mol. The maximum absolute atomic E-state index is 13.1. The predicted molar refractivity (Wildman–Crippen MR) is 95.2 cm³/mol. The van der Waals surface area contributed by atoms with Crippen LogP contribution < -0.4 is 0 Å². The molecule has 0 radical (unpaired) electrons. The number of carbonyl (C=O) groups excluding carboxylic acids is 3. The minimum Gasteiger partial charge on any atom is -0.461 e. The molecule has 1 heterocycles. The minimum atomic E-state index is -1.44. The van der Waals surface area contributed by atoms with Gasteiger partial charge in [0.1, 0.15) is 6.10 Å². The number of hydrogen-bond donors (Lipinski definition) is 0. The van der Waals surface area contributed by atoms with Gasteiger partial charge in [0.2, 0.25) is 0 Å². The molecule has 6 nitrogen and oxygen atoms in total. The third-order valence-electron chi connectivity index (χ3n) is 7.67. The fourth-order valence-electron chi connectivity index (χ4n) is 6.37. The molecular weight excluding hydrogens is 346 g/mol. The van der Waals surface area contributed by atoms with Crippen molar-refractivity contribution in [3.8, 4) is 0 Å². The Kier molecular flexibility index (Phi) is 3.45. The van der Waals surface area contributed by atoms with Crippen LogP contribution in [0.25, 0.3) is 4.85 Å². The average Bonchev–Trinajstić information content (AvgIpc) is 3.32. The second-order valence-corrected chi connectivity index (χ2v) is 9.47. The molecule has 0 bridgehead atoms. The Bertz CT molecular complexity index is 851. The van der Waals surface area contributed by atoms with E-state index < -0.39 is 40.1 Å². The standard InChI is InChI=1S/C21H25NO5/c1-11(23)26-15-10-12(24)9-14-19(15,4)8-7-13-18(2,3)16(25)21(22-6)17(27-21)20(13,14)5/h9,13,15,17H,7-8,10H2,1-5H3/t13-,15+,17?,19+,20-,21?/m0/s1. The largest absolute Gasteiger partial charge is 0.461 e. The van der Waals surface area contributed by atoms with Crippen molar-refractivity contribution in [3.05, 3.63) is 23.1 Å². The molecular formula is C21H25NO5. The topological polar surface area (TPSA) is 77.3 Å². The molecule has 0 N–H and O–H groups in total. The first-order valence-corrected chi connectivity index (χ1v) is 9.48. The Balaban J connectivity index is 1.88. The number of nitrogens with zero attached hydrogens (tertiary/aromatic N) is 1. The Hall–Kier alpha value is -2.00. The van der Waals surface area contributed by atoms with Crippen LogP contribution in [-0.2, 0) is 23.9 Å². The molecule has 4 aliphatic rings. The van der Waals surface area contributed by atoms with Gasteiger partial charge in [-0.3, -0.25) is 24.0 Å². The Morgan fingerprint density at radius 2 is 1.96 bits per heavy atom. The van der Waals surface area contributed by atoms with Crippen molar-refractivity contribution in [1.29, 1.82) is 0 Å². The first-order valence-electron chi connectivity index (χ1n) is 9.48. The van der Waals surface area contributed by atoms with Crippen molar-refractivity contribution >= 4 is 17.5 Å². The number of fused-ring (bicyclic) bond motifs is 5. The van der Waals surface area contributed by atoms with Crippen LogP contribution in [0.3, 0.4) is 0 Å². The monoisotopic (exact) mass is 371 g/mol. The van der Waals surface area contributed by atoms with Crippen LogP contribution in [0.1, 0.15) is 53.9 Å². The Labute approximate surface area is 159 Å². The van der Waals surface area contributed by atoms with Gasteiger partial charge < -0.3 is 4.74 Å². The van der Waals surface area contributed by atoms with Gasteiger partial charge in [0, 0.05) is 29.6 Å². The first kappa shape index (κ1) is 18.4. The fraction of sp³-hybridized carbons (Fsp3) is 0.714. The molecule has 2 saturated carbocycles. The van der Waals surface area contributed by atoms with Crippen LogP contribution >= 0.6 is 0 Å². The second kappa shape index (κ2) is 5.08. The zero-order valence-corrected chi connectivity index (χ0v) is 16.4. The lowest BCUT2D eigenvalue weighted by Gasteiger charge is -2.58. The number of esters is 1. The molecule has 6 heteroatoms. The number of rotatable bonds is 1. The predicted octanol–water partition coefficient (Wildman–Crippen LogP) is 2.86. The van der Waals surface area contributed by atoms with Crippen LogP contribution in [0.4, 0.5) is 0 Å².